The van der Waals surface area contributed by atoms with Gasteiger partial charge in [0.25, 0.3) is 0 Å². The van der Waals surface area contributed by atoms with E-state index in [9.17, 15) is 0 Å². The third-order valence-corrected chi connectivity index (χ3v) is 9.07. The van der Waals surface area contributed by atoms with Gasteiger partial charge in [0.15, 0.2) is 0 Å². The third kappa shape index (κ3) is 4.38. The number of hydrogen-bond donors (Lipinski definition) is 0. The third-order valence-electron chi connectivity index (χ3n) is 9.07. The summed E-state index contributed by atoms with van der Waals surface area (Å²) in [6.45, 7) is 2.17. The standard InChI is InChI=1S/C43H32N4/c1-31-25-27-37-41(29-31)45(34-19-10-4-11-20-34)39-23-14-24-40-43(39)47(37)38-28-26-36(30-42(38)46(40)35-21-12-5-13-22-35)44(32-15-6-2-7-16-32)33-17-8-3-9-18-33/h2-30H,1H3. The molecule has 0 N–H and O–H groups in total. The Kier molecular flexibility index (Phi) is 6.32. The molecule has 4 nitrogen and oxygen atoms in total. The van der Waals surface area contributed by atoms with Gasteiger partial charge in [-0.25, -0.2) is 0 Å². The van der Waals surface area contributed by atoms with Crippen molar-refractivity contribution >= 4 is 68.2 Å². The molecule has 2 aliphatic heterocycles. The molecule has 0 saturated heterocycles. The summed E-state index contributed by atoms with van der Waals surface area (Å²) in [5.74, 6) is 0. The van der Waals surface area contributed by atoms with Crippen LogP contribution in [0.25, 0.3) is 0 Å². The fourth-order valence-corrected chi connectivity index (χ4v) is 7.07. The first kappa shape index (κ1) is 27.1. The molecule has 224 valence electrons. The molecule has 7 aromatic carbocycles. The number of nitrogens with zero attached hydrogens (tertiary/aromatic N) is 4. The van der Waals surface area contributed by atoms with Crippen molar-refractivity contribution in [2.45, 2.75) is 6.92 Å². The number of hydrogen-bond acceptors (Lipinski definition) is 4. The van der Waals surface area contributed by atoms with Crippen molar-refractivity contribution in [3.05, 3.63) is 181 Å². The van der Waals surface area contributed by atoms with Crippen LogP contribution < -0.4 is 19.6 Å². The zero-order valence-corrected chi connectivity index (χ0v) is 26.0. The monoisotopic (exact) mass is 604 g/mol. The highest BCUT2D eigenvalue weighted by Crippen LogP contribution is 2.63. The van der Waals surface area contributed by atoms with Gasteiger partial charge in [0.2, 0.25) is 0 Å². The summed E-state index contributed by atoms with van der Waals surface area (Å²) in [6.07, 6.45) is 0. The fraction of sp³-hybridized carbons (Fsp3) is 0.0233. The van der Waals surface area contributed by atoms with Crippen molar-refractivity contribution in [1.29, 1.82) is 0 Å². The van der Waals surface area contributed by atoms with E-state index < -0.39 is 0 Å². The maximum absolute atomic E-state index is 2.47. The Hall–Kier alpha value is -6.26. The number of rotatable bonds is 5. The van der Waals surface area contributed by atoms with E-state index in [1.54, 1.807) is 0 Å². The molecule has 9 rings (SSSR count). The first-order valence-corrected chi connectivity index (χ1v) is 16.0. The lowest BCUT2D eigenvalue weighted by Gasteiger charge is -2.47. The Balaban J connectivity index is 1.33. The Labute approximate surface area is 275 Å². The average molecular weight is 605 g/mol. The Morgan fingerprint density at radius 2 is 0.809 bits per heavy atom. The van der Waals surface area contributed by atoms with Crippen LogP contribution in [0.2, 0.25) is 0 Å². The van der Waals surface area contributed by atoms with Crippen LogP contribution in [0.4, 0.5) is 68.2 Å². The summed E-state index contributed by atoms with van der Waals surface area (Å²) in [7, 11) is 0. The van der Waals surface area contributed by atoms with E-state index in [-0.39, 0.29) is 0 Å². The molecule has 0 saturated carbocycles. The number of para-hydroxylation sites is 5. The van der Waals surface area contributed by atoms with Crippen LogP contribution >= 0.6 is 0 Å². The van der Waals surface area contributed by atoms with Crippen LogP contribution in [0, 0.1) is 6.92 Å². The lowest BCUT2D eigenvalue weighted by molar-refractivity contribution is 1.11. The molecule has 0 unspecified atom stereocenters. The number of fused-ring (bicyclic) bond motifs is 4. The topological polar surface area (TPSA) is 13.0 Å². The van der Waals surface area contributed by atoms with Gasteiger partial charge in [-0.2, -0.15) is 0 Å². The summed E-state index contributed by atoms with van der Waals surface area (Å²) in [6, 6.07) is 63.0. The normalized spacial score (nSPS) is 12.7. The molecule has 0 amide bonds. The van der Waals surface area contributed by atoms with E-state index in [4.69, 9.17) is 0 Å². The average Bonchev–Trinajstić information content (AvgIpc) is 3.13. The predicted molar refractivity (Wildman–Crippen MR) is 197 cm³/mol. The molecule has 0 atom stereocenters. The van der Waals surface area contributed by atoms with E-state index in [0.29, 0.717) is 0 Å². The molecular formula is C43H32N4. The van der Waals surface area contributed by atoms with Gasteiger partial charge in [-0.05, 0) is 103 Å². The summed E-state index contributed by atoms with van der Waals surface area (Å²) in [4.78, 5) is 9.63. The summed E-state index contributed by atoms with van der Waals surface area (Å²) < 4.78 is 0. The largest absolute Gasteiger partial charge is 0.310 e. The Bertz CT molecular complexity index is 2180. The van der Waals surface area contributed by atoms with Crippen LogP contribution in [0.15, 0.2) is 176 Å². The maximum atomic E-state index is 2.47. The van der Waals surface area contributed by atoms with Gasteiger partial charge in [0, 0.05) is 28.4 Å². The predicted octanol–water partition coefficient (Wildman–Crippen LogP) is 12.5. The van der Waals surface area contributed by atoms with Crippen molar-refractivity contribution in [2.75, 3.05) is 19.6 Å². The van der Waals surface area contributed by atoms with Crippen LogP contribution in [0.3, 0.4) is 0 Å². The first-order valence-electron chi connectivity index (χ1n) is 16.0. The second-order valence-electron chi connectivity index (χ2n) is 12.0. The second-order valence-corrected chi connectivity index (χ2v) is 12.0. The Morgan fingerprint density at radius 1 is 0.340 bits per heavy atom. The van der Waals surface area contributed by atoms with Crippen LogP contribution in [-0.2, 0) is 0 Å². The van der Waals surface area contributed by atoms with E-state index in [2.05, 4.69) is 202 Å². The second kappa shape index (κ2) is 11.0. The minimum atomic E-state index is 1.09. The number of aryl methyl sites for hydroxylation is 1. The molecule has 47 heavy (non-hydrogen) atoms. The fourth-order valence-electron chi connectivity index (χ4n) is 7.07. The van der Waals surface area contributed by atoms with Crippen molar-refractivity contribution in [2.24, 2.45) is 0 Å². The van der Waals surface area contributed by atoms with Gasteiger partial charge < -0.3 is 19.6 Å². The molecule has 4 heteroatoms. The number of benzene rings is 7. The summed E-state index contributed by atoms with van der Waals surface area (Å²) >= 11 is 0. The number of anilines is 12. The minimum Gasteiger partial charge on any atom is -0.310 e. The molecular weight excluding hydrogens is 573 g/mol. The van der Waals surface area contributed by atoms with Gasteiger partial charge >= 0.3 is 0 Å². The van der Waals surface area contributed by atoms with E-state index >= 15 is 0 Å². The molecule has 0 aromatic heterocycles. The van der Waals surface area contributed by atoms with Gasteiger partial charge in [-0.3, -0.25) is 0 Å². The zero-order valence-electron chi connectivity index (χ0n) is 26.0. The van der Waals surface area contributed by atoms with Crippen molar-refractivity contribution in [3.63, 3.8) is 0 Å². The highest BCUT2D eigenvalue weighted by atomic mass is 15.3. The molecule has 0 aliphatic carbocycles. The smallest absolute Gasteiger partial charge is 0.0947 e. The van der Waals surface area contributed by atoms with E-state index in [1.807, 2.05) is 0 Å². The van der Waals surface area contributed by atoms with E-state index in [0.717, 1.165) is 56.9 Å². The summed E-state index contributed by atoms with van der Waals surface area (Å²) in [5, 5.41) is 0. The quantitative estimate of drug-likeness (QED) is 0.194. The van der Waals surface area contributed by atoms with E-state index in [1.165, 1.54) is 16.9 Å². The van der Waals surface area contributed by atoms with Gasteiger partial charge in [0.1, 0.15) is 0 Å². The molecule has 2 heterocycles. The summed E-state index contributed by atoms with van der Waals surface area (Å²) in [5.41, 5.74) is 14.8. The van der Waals surface area contributed by atoms with Gasteiger partial charge in [-0.1, -0.05) is 84.9 Å². The zero-order chi connectivity index (χ0) is 31.3. The highest BCUT2D eigenvalue weighted by Gasteiger charge is 2.39. The van der Waals surface area contributed by atoms with Crippen LogP contribution in [0.5, 0.6) is 0 Å². The van der Waals surface area contributed by atoms with Crippen molar-refractivity contribution in [1.82, 2.24) is 0 Å². The van der Waals surface area contributed by atoms with Crippen molar-refractivity contribution in [3.8, 4) is 0 Å². The minimum absolute atomic E-state index is 1.09. The molecule has 0 bridgehead atoms. The molecule has 0 spiro atoms. The lowest BCUT2D eigenvalue weighted by Crippen LogP contribution is -2.30. The van der Waals surface area contributed by atoms with Gasteiger partial charge in [-0.15, -0.1) is 0 Å². The first-order chi connectivity index (χ1) is 23.3. The molecule has 0 radical (unpaired) electrons. The van der Waals surface area contributed by atoms with Crippen LogP contribution in [0.1, 0.15) is 5.56 Å². The SMILES string of the molecule is Cc1ccc2c(c1)N(c1ccccc1)c1cccc3c1N2c1ccc(N(c2ccccc2)c2ccccc2)cc1N3c1ccccc1. The Morgan fingerprint density at radius 3 is 1.34 bits per heavy atom. The molecule has 0 fully saturated rings. The van der Waals surface area contributed by atoms with Crippen molar-refractivity contribution < 1.29 is 0 Å². The lowest BCUT2D eigenvalue weighted by atomic mass is 9.97. The molecule has 7 aromatic rings. The highest BCUT2D eigenvalue weighted by molar-refractivity contribution is 6.12. The molecule has 2 aliphatic rings. The maximum Gasteiger partial charge on any atom is 0.0947 e. The van der Waals surface area contributed by atoms with Crippen LogP contribution in [-0.4, -0.2) is 0 Å². The van der Waals surface area contributed by atoms with Gasteiger partial charge in [0.05, 0.1) is 39.8 Å².